The molecule has 4 aromatic heterocycles. The van der Waals surface area contributed by atoms with Gasteiger partial charge >= 0.3 is 0 Å². The second-order valence-corrected chi connectivity index (χ2v) is 11.4. The Hall–Kier alpha value is -6.53. The number of pyridine rings is 2. The van der Waals surface area contributed by atoms with Crippen LogP contribution < -0.4 is 0 Å². The van der Waals surface area contributed by atoms with Crippen molar-refractivity contribution in [3.8, 4) is 56.7 Å². The van der Waals surface area contributed by atoms with Gasteiger partial charge in [-0.3, -0.25) is 0 Å². The second kappa shape index (κ2) is 11.1. The summed E-state index contributed by atoms with van der Waals surface area (Å²) in [6, 6.07) is 49.1. The smallest absolute Gasteiger partial charge is 0.164 e. The number of fused-ring (bicyclic) bond motifs is 5. The molecule has 5 aromatic carbocycles. The van der Waals surface area contributed by atoms with Gasteiger partial charge in [-0.25, -0.2) is 24.9 Å². The number of hydrogen-bond donors (Lipinski definition) is 0. The van der Waals surface area contributed by atoms with Crippen molar-refractivity contribution in [3.05, 3.63) is 158 Å². The lowest BCUT2D eigenvalue weighted by molar-refractivity contribution is 1.07. The molecule has 0 bridgehead atoms. The van der Waals surface area contributed by atoms with Gasteiger partial charge in [-0.2, -0.15) is 0 Å². The fraction of sp³-hybridized carbons (Fsp3) is 0. The minimum Gasteiger partial charge on any atom is -0.306 e. The van der Waals surface area contributed by atoms with Crippen LogP contribution in [0.25, 0.3) is 84.0 Å². The zero-order valence-electron chi connectivity index (χ0n) is 25.2. The first-order chi connectivity index (χ1) is 23.3. The van der Waals surface area contributed by atoms with E-state index in [4.69, 9.17) is 24.9 Å². The van der Waals surface area contributed by atoms with Gasteiger partial charge in [0.05, 0.1) is 16.9 Å². The molecule has 0 aliphatic rings. The monoisotopic (exact) mass is 602 g/mol. The summed E-state index contributed by atoms with van der Waals surface area (Å²) in [6.07, 6.45) is 4.16. The molecule has 6 nitrogen and oxygen atoms in total. The van der Waals surface area contributed by atoms with Crippen LogP contribution in [-0.4, -0.2) is 29.3 Å². The van der Waals surface area contributed by atoms with Crippen LogP contribution in [-0.2, 0) is 0 Å². The Morgan fingerprint density at radius 1 is 0.383 bits per heavy atom. The molecule has 0 amide bonds. The predicted octanol–water partition coefficient (Wildman–Crippen LogP) is 9.56. The highest BCUT2D eigenvalue weighted by atomic mass is 15.0. The molecule has 47 heavy (non-hydrogen) atoms. The second-order valence-electron chi connectivity index (χ2n) is 11.4. The summed E-state index contributed by atoms with van der Waals surface area (Å²) in [5.74, 6) is 1.90. The minimum atomic E-state index is 0.623. The van der Waals surface area contributed by atoms with Crippen LogP contribution in [0.1, 0.15) is 0 Å². The Kier molecular flexibility index (Phi) is 6.35. The molecule has 0 atom stereocenters. The Labute approximate surface area is 270 Å². The summed E-state index contributed by atoms with van der Waals surface area (Å²) in [7, 11) is 0. The van der Waals surface area contributed by atoms with Crippen LogP contribution in [0, 0.1) is 0 Å². The van der Waals surface area contributed by atoms with E-state index >= 15 is 0 Å². The lowest BCUT2D eigenvalue weighted by atomic mass is 10.0. The van der Waals surface area contributed by atoms with Gasteiger partial charge in [0, 0.05) is 56.4 Å². The van der Waals surface area contributed by atoms with Crippen molar-refractivity contribution in [2.75, 3.05) is 0 Å². The Morgan fingerprint density at radius 3 is 1.51 bits per heavy atom. The first-order valence-corrected chi connectivity index (χ1v) is 15.5. The summed E-state index contributed by atoms with van der Waals surface area (Å²) in [4.78, 5) is 24.9. The van der Waals surface area contributed by atoms with E-state index in [0.717, 1.165) is 66.5 Å². The molecule has 0 saturated carbocycles. The maximum Gasteiger partial charge on any atom is 0.164 e. The fourth-order valence-electron chi connectivity index (χ4n) is 6.16. The van der Waals surface area contributed by atoms with Gasteiger partial charge in [-0.1, -0.05) is 133 Å². The molecule has 0 unspecified atom stereocenters. The number of hydrogen-bond acceptors (Lipinski definition) is 5. The number of nitrogens with zero attached hydrogens (tertiary/aromatic N) is 6. The van der Waals surface area contributed by atoms with E-state index in [2.05, 4.69) is 89.6 Å². The number of benzene rings is 5. The normalized spacial score (nSPS) is 11.4. The van der Waals surface area contributed by atoms with Crippen molar-refractivity contribution in [3.63, 3.8) is 0 Å². The molecule has 0 fully saturated rings. The van der Waals surface area contributed by atoms with E-state index in [1.54, 1.807) is 0 Å². The molecule has 0 N–H and O–H groups in total. The summed E-state index contributed by atoms with van der Waals surface area (Å²) >= 11 is 0. The quantitative estimate of drug-likeness (QED) is 0.184. The van der Waals surface area contributed by atoms with Crippen LogP contribution in [0.5, 0.6) is 0 Å². The molecule has 9 aromatic rings. The van der Waals surface area contributed by atoms with Gasteiger partial charge in [-0.05, 0) is 12.1 Å². The van der Waals surface area contributed by atoms with Gasteiger partial charge in [0.2, 0.25) is 0 Å². The van der Waals surface area contributed by atoms with Gasteiger partial charge in [-0.15, -0.1) is 0 Å². The highest BCUT2D eigenvalue weighted by Gasteiger charge is 2.17. The van der Waals surface area contributed by atoms with Gasteiger partial charge in [0.1, 0.15) is 5.65 Å². The first-order valence-electron chi connectivity index (χ1n) is 15.5. The van der Waals surface area contributed by atoms with E-state index in [9.17, 15) is 0 Å². The van der Waals surface area contributed by atoms with E-state index in [1.807, 2.05) is 72.8 Å². The third-order valence-electron chi connectivity index (χ3n) is 8.47. The summed E-state index contributed by atoms with van der Waals surface area (Å²) in [5, 5.41) is 3.25. The average molecular weight is 603 g/mol. The third-order valence-corrected chi connectivity index (χ3v) is 8.47. The lowest BCUT2D eigenvalue weighted by Gasteiger charge is -2.11. The Balaban J connectivity index is 1.16. The van der Waals surface area contributed by atoms with E-state index < -0.39 is 0 Å². The highest BCUT2D eigenvalue weighted by Crippen LogP contribution is 2.36. The molecule has 0 radical (unpaired) electrons. The Morgan fingerprint density at radius 2 is 0.894 bits per heavy atom. The standard InChI is InChI=1S/C41H26N6/c1-4-12-28(13-5-1)37-33-24-25-47-26-35(43-41(47)36(33)32-18-10-11-19-34(32)42-37)27-20-22-31(23-21-27)40-45-38(29-14-6-2-7-15-29)44-39(46-40)30-16-8-3-9-17-30/h1-26H. The van der Waals surface area contributed by atoms with Crippen molar-refractivity contribution in [1.29, 1.82) is 0 Å². The SMILES string of the molecule is c1ccc(-c2nc(-c3ccccc3)nc(-c3ccc(-c4cn5ccc6c(-c7ccccc7)nc7ccccc7c6c5n4)cc3)n2)cc1. The lowest BCUT2D eigenvalue weighted by Crippen LogP contribution is -2.00. The van der Waals surface area contributed by atoms with Crippen LogP contribution in [0.3, 0.4) is 0 Å². The minimum absolute atomic E-state index is 0.623. The summed E-state index contributed by atoms with van der Waals surface area (Å²) in [6.45, 7) is 0. The van der Waals surface area contributed by atoms with E-state index in [1.165, 1.54) is 0 Å². The zero-order chi connectivity index (χ0) is 31.2. The maximum atomic E-state index is 5.20. The molecule has 9 rings (SSSR count). The van der Waals surface area contributed by atoms with Crippen molar-refractivity contribution in [2.45, 2.75) is 0 Å². The molecular weight excluding hydrogens is 576 g/mol. The maximum absolute atomic E-state index is 5.20. The Bertz CT molecular complexity index is 2490. The highest BCUT2D eigenvalue weighted by molar-refractivity contribution is 6.16. The van der Waals surface area contributed by atoms with Crippen LogP contribution in [0.4, 0.5) is 0 Å². The summed E-state index contributed by atoms with van der Waals surface area (Å²) in [5.41, 5.74) is 8.57. The number of imidazole rings is 1. The van der Waals surface area contributed by atoms with Crippen molar-refractivity contribution in [1.82, 2.24) is 29.3 Å². The molecule has 220 valence electrons. The number of para-hydroxylation sites is 1. The summed E-state index contributed by atoms with van der Waals surface area (Å²) < 4.78 is 2.11. The first kappa shape index (κ1) is 26.8. The van der Waals surface area contributed by atoms with Crippen molar-refractivity contribution >= 4 is 27.3 Å². The van der Waals surface area contributed by atoms with E-state index in [0.29, 0.717) is 17.5 Å². The molecule has 0 aliphatic carbocycles. The van der Waals surface area contributed by atoms with Crippen LogP contribution in [0.2, 0.25) is 0 Å². The molecule has 0 saturated heterocycles. The predicted molar refractivity (Wildman–Crippen MR) is 189 cm³/mol. The molecule has 0 spiro atoms. The largest absolute Gasteiger partial charge is 0.306 e. The van der Waals surface area contributed by atoms with Crippen LogP contribution >= 0.6 is 0 Å². The number of rotatable bonds is 5. The molecule has 0 aliphatic heterocycles. The van der Waals surface area contributed by atoms with Crippen molar-refractivity contribution < 1.29 is 0 Å². The van der Waals surface area contributed by atoms with Gasteiger partial charge < -0.3 is 4.40 Å². The van der Waals surface area contributed by atoms with Gasteiger partial charge in [0.15, 0.2) is 17.5 Å². The molecule has 6 heteroatoms. The van der Waals surface area contributed by atoms with E-state index in [-0.39, 0.29) is 0 Å². The van der Waals surface area contributed by atoms with Crippen LogP contribution in [0.15, 0.2) is 158 Å². The molecule has 4 heterocycles. The fourth-order valence-corrected chi connectivity index (χ4v) is 6.16. The topological polar surface area (TPSA) is 68.9 Å². The van der Waals surface area contributed by atoms with Crippen molar-refractivity contribution in [2.24, 2.45) is 0 Å². The number of aromatic nitrogens is 6. The van der Waals surface area contributed by atoms with Gasteiger partial charge in [0.25, 0.3) is 0 Å². The average Bonchev–Trinajstić information content (AvgIpc) is 3.60. The zero-order valence-corrected chi connectivity index (χ0v) is 25.2. The third kappa shape index (κ3) is 4.80. The molecular formula is C41H26N6.